The first-order chi connectivity index (χ1) is 8.97. The molecule has 106 valence electrons. The summed E-state index contributed by atoms with van der Waals surface area (Å²) in [6.45, 7) is 3.55. The van der Waals surface area contributed by atoms with E-state index in [4.69, 9.17) is 0 Å². The van der Waals surface area contributed by atoms with E-state index in [-0.39, 0.29) is 31.9 Å². The number of carbonyl (C=O) groups is 4. The zero-order valence-electron chi connectivity index (χ0n) is 11.1. The maximum absolute atomic E-state index is 11.7. The molecule has 0 aromatic carbocycles. The molecular formula is C12H18N2O5. The molecule has 7 heteroatoms. The Morgan fingerprint density at radius 1 is 1.37 bits per heavy atom. The highest BCUT2D eigenvalue weighted by atomic mass is 16.5. The van der Waals surface area contributed by atoms with Crippen LogP contribution in [0, 0.1) is 0 Å². The Bertz CT molecular complexity index is 394. The number of nitrogens with zero attached hydrogens (tertiary/aromatic N) is 1. The Morgan fingerprint density at radius 3 is 2.63 bits per heavy atom. The third kappa shape index (κ3) is 4.44. The first-order valence-corrected chi connectivity index (χ1v) is 6.23. The lowest BCUT2D eigenvalue weighted by Crippen LogP contribution is -2.58. The number of imide groups is 1. The molecule has 1 aliphatic heterocycles. The molecule has 1 unspecified atom stereocenters. The molecule has 1 rings (SSSR count). The number of hydrogen-bond donors (Lipinski definition) is 1. The molecule has 19 heavy (non-hydrogen) atoms. The maximum atomic E-state index is 11.7. The van der Waals surface area contributed by atoms with Gasteiger partial charge in [-0.1, -0.05) is 6.92 Å². The minimum absolute atomic E-state index is 0.0151. The second-order valence-corrected chi connectivity index (χ2v) is 4.26. The van der Waals surface area contributed by atoms with Gasteiger partial charge in [-0.15, -0.1) is 0 Å². The summed E-state index contributed by atoms with van der Waals surface area (Å²) in [4.78, 5) is 47.2. The number of carbonyl (C=O) groups excluding carboxylic acids is 4. The molecule has 0 saturated carbocycles. The number of piperazine rings is 1. The second kappa shape index (κ2) is 6.98. The predicted octanol–water partition coefficient (Wildman–Crippen LogP) is -0.754. The second-order valence-electron chi connectivity index (χ2n) is 4.26. The van der Waals surface area contributed by atoms with E-state index in [9.17, 15) is 19.2 Å². The van der Waals surface area contributed by atoms with Crippen LogP contribution in [-0.2, 0) is 23.9 Å². The fourth-order valence-corrected chi connectivity index (χ4v) is 1.99. The smallest absolute Gasteiger partial charge is 0.313 e. The van der Waals surface area contributed by atoms with Crippen molar-refractivity contribution in [2.45, 2.75) is 32.7 Å². The summed E-state index contributed by atoms with van der Waals surface area (Å²) in [7, 11) is 0. The molecule has 0 aromatic heterocycles. The Morgan fingerprint density at radius 2 is 2.05 bits per heavy atom. The van der Waals surface area contributed by atoms with Crippen LogP contribution in [0.3, 0.4) is 0 Å². The van der Waals surface area contributed by atoms with Gasteiger partial charge in [0.25, 0.3) is 0 Å². The largest absolute Gasteiger partial charge is 0.466 e. The minimum atomic E-state index is -0.590. The lowest BCUT2D eigenvalue weighted by Gasteiger charge is -2.32. The van der Waals surface area contributed by atoms with E-state index in [2.05, 4.69) is 10.1 Å². The molecule has 0 aliphatic carbocycles. The third-order valence-electron chi connectivity index (χ3n) is 2.77. The van der Waals surface area contributed by atoms with E-state index < -0.39 is 23.8 Å². The van der Waals surface area contributed by atoms with Crippen molar-refractivity contribution in [1.29, 1.82) is 0 Å². The molecule has 0 radical (unpaired) electrons. The fraction of sp³-hybridized carbons (Fsp3) is 0.667. The van der Waals surface area contributed by atoms with Gasteiger partial charge in [0.05, 0.1) is 25.7 Å². The van der Waals surface area contributed by atoms with Gasteiger partial charge in [-0.3, -0.25) is 29.4 Å². The van der Waals surface area contributed by atoms with Crippen LogP contribution in [0.15, 0.2) is 0 Å². The molecule has 2 amide bonds. The molecule has 1 saturated heterocycles. The normalized spacial score (nSPS) is 20.0. The van der Waals surface area contributed by atoms with Crippen LogP contribution in [0.2, 0.25) is 0 Å². The fourth-order valence-electron chi connectivity index (χ4n) is 1.99. The Labute approximate surface area is 111 Å². The summed E-state index contributed by atoms with van der Waals surface area (Å²) < 4.78 is 4.67. The maximum Gasteiger partial charge on any atom is 0.313 e. The molecule has 7 nitrogen and oxygen atoms in total. The van der Waals surface area contributed by atoms with E-state index in [1.807, 2.05) is 0 Å². The molecule has 1 aliphatic rings. The van der Waals surface area contributed by atoms with Gasteiger partial charge in [-0.25, -0.2) is 0 Å². The summed E-state index contributed by atoms with van der Waals surface area (Å²) in [5.41, 5.74) is 0. The first-order valence-electron chi connectivity index (χ1n) is 6.23. The number of rotatable bonds is 6. The topological polar surface area (TPSA) is 92.8 Å². The van der Waals surface area contributed by atoms with Gasteiger partial charge in [-0.05, 0) is 13.3 Å². The Hall–Kier alpha value is -1.76. The summed E-state index contributed by atoms with van der Waals surface area (Å²) >= 11 is 0. The molecular weight excluding hydrogens is 252 g/mol. The van der Waals surface area contributed by atoms with E-state index in [0.29, 0.717) is 6.42 Å². The van der Waals surface area contributed by atoms with Gasteiger partial charge < -0.3 is 4.74 Å². The molecule has 0 aromatic rings. The molecule has 1 fully saturated rings. The van der Waals surface area contributed by atoms with Crippen LogP contribution >= 0.6 is 0 Å². The number of amides is 2. The number of ether oxygens (including phenoxy) is 1. The third-order valence-corrected chi connectivity index (χ3v) is 2.77. The molecule has 1 N–H and O–H groups in total. The highest BCUT2D eigenvalue weighted by Gasteiger charge is 2.33. The summed E-state index contributed by atoms with van der Waals surface area (Å²) in [5.74, 6) is -1.78. The number of nitrogens with one attached hydrogen (secondary N) is 1. The summed E-state index contributed by atoms with van der Waals surface area (Å²) in [5, 5.41) is 2.22. The van der Waals surface area contributed by atoms with Crippen molar-refractivity contribution in [2.24, 2.45) is 0 Å². The number of hydrogen-bond acceptors (Lipinski definition) is 6. The van der Waals surface area contributed by atoms with E-state index in [0.717, 1.165) is 0 Å². The zero-order valence-corrected chi connectivity index (χ0v) is 11.1. The number of esters is 1. The SMILES string of the molecule is CCOC(=O)CC(=O)CN1CC(=O)NC(=O)C1CC. The van der Waals surface area contributed by atoms with Crippen LogP contribution in [0.1, 0.15) is 26.7 Å². The molecule has 1 atom stereocenters. The van der Waals surface area contributed by atoms with Crippen LogP contribution < -0.4 is 5.32 Å². The monoisotopic (exact) mass is 270 g/mol. The minimum Gasteiger partial charge on any atom is -0.466 e. The first kappa shape index (κ1) is 15.3. The molecule has 1 heterocycles. The lowest BCUT2D eigenvalue weighted by atomic mass is 10.1. The van der Waals surface area contributed by atoms with Crippen molar-refractivity contribution >= 4 is 23.6 Å². The average Bonchev–Trinajstić information content (AvgIpc) is 2.28. The number of Topliss-reactive ketones (excluding diaryl/α,β-unsaturated/α-hetero) is 1. The van der Waals surface area contributed by atoms with Crippen LogP contribution in [0.5, 0.6) is 0 Å². The molecule has 0 bridgehead atoms. The summed E-state index contributed by atoms with van der Waals surface area (Å²) in [6.07, 6.45) is 0.155. The van der Waals surface area contributed by atoms with Crippen LogP contribution in [0.25, 0.3) is 0 Å². The Balaban J connectivity index is 2.57. The predicted molar refractivity (Wildman–Crippen MR) is 65.1 cm³/mol. The van der Waals surface area contributed by atoms with Crippen molar-refractivity contribution in [2.75, 3.05) is 19.7 Å². The Kier molecular flexibility index (Phi) is 5.62. The standard InChI is InChI=1S/C12H18N2O5/c1-3-9-12(18)13-10(16)7-14(9)6-8(15)5-11(17)19-4-2/h9H,3-7H2,1-2H3,(H,13,16,18). The van der Waals surface area contributed by atoms with Crippen molar-refractivity contribution in [1.82, 2.24) is 10.2 Å². The highest BCUT2D eigenvalue weighted by molar-refractivity contribution is 6.02. The lowest BCUT2D eigenvalue weighted by molar-refractivity contribution is -0.146. The van der Waals surface area contributed by atoms with Gasteiger partial charge in [0.1, 0.15) is 6.42 Å². The number of ketones is 1. The van der Waals surface area contributed by atoms with Gasteiger partial charge >= 0.3 is 5.97 Å². The van der Waals surface area contributed by atoms with Crippen molar-refractivity contribution < 1.29 is 23.9 Å². The summed E-state index contributed by atoms with van der Waals surface area (Å²) in [6, 6.07) is -0.510. The van der Waals surface area contributed by atoms with Crippen LogP contribution in [-0.4, -0.2) is 54.2 Å². The van der Waals surface area contributed by atoms with Gasteiger partial charge in [0.2, 0.25) is 11.8 Å². The van der Waals surface area contributed by atoms with Crippen molar-refractivity contribution in [3.63, 3.8) is 0 Å². The van der Waals surface area contributed by atoms with E-state index >= 15 is 0 Å². The highest BCUT2D eigenvalue weighted by Crippen LogP contribution is 2.09. The van der Waals surface area contributed by atoms with Crippen LogP contribution in [0.4, 0.5) is 0 Å². The quantitative estimate of drug-likeness (QED) is 0.387. The van der Waals surface area contributed by atoms with E-state index in [1.54, 1.807) is 13.8 Å². The van der Waals surface area contributed by atoms with E-state index in [1.165, 1.54) is 4.90 Å². The van der Waals surface area contributed by atoms with Gasteiger partial charge in [0, 0.05) is 0 Å². The average molecular weight is 270 g/mol. The van der Waals surface area contributed by atoms with Crippen molar-refractivity contribution in [3.8, 4) is 0 Å². The van der Waals surface area contributed by atoms with Gasteiger partial charge in [-0.2, -0.15) is 0 Å². The molecule has 0 spiro atoms. The van der Waals surface area contributed by atoms with Gasteiger partial charge in [0.15, 0.2) is 5.78 Å². The zero-order chi connectivity index (χ0) is 14.4. The van der Waals surface area contributed by atoms with Crippen molar-refractivity contribution in [3.05, 3.63) is 0 Å².